The van der Waals surface area contributed by atoms with Crippen molar-refractivity contribution < 1.29 is 32.3 Å². The van der Waals surface area contributed by atoms with Crippen molar-refractivity contribution in [3.05, 3.63) is 77.7 Å². The first kappa shape index (κ1) is 22.7. The van der Waals surface area contributed by atoms with E-state index in [1.165, 1.54) is 12.1 Å². The standard InChI is InChI=1S/C22H18F3N3O4/c1-32-21(31)19(29)17(11-13-5-3-2-4-6-13)26-20(30)16-12-28(22(24)25)27-18(16)14-7-9-15(23)10-8-14/h2-10,12,17,22H,11H2,1H3,(H,26,30). The number of methoxy groups -OCH3 is 1. The number of nitrogens with zero attached hydrogens (tertiary/aromatic N) is 2. The second kappa shape index (κ2) is 9.90. The van der Waals surface area contributed by atoms with E-state index >= 15 is 0 Å². The number of Topliss-reactive ketones (excluding diaryl/α,β-unsaturated/α-hetero) is 1. The summed E-state index contributed by atoms with van der Waals surface area (Å²) in [5, 5.41) is 6.13. The maximum Gasteiger partial charge on any atom is 0.376 e. The molecule has 0 aliphatic heterocycles. The van der Waals surface area contributed by atoms with E-state index in [4.69, 9.17) is 0 Å². The van der Waals surface area contributed by atoms with Crippen LogP contribution in [0.2, 0.25) is 0 Å². The normalized spacial score (nSPS) is 11.8. The highest BCUT2D eigenvalue weighted by molar-refractivity contribution is 6.36. The summed E-state index contributed by atoms with van der Waals surface area (Å²) in [6.07, 6.45) is 0.788. The third-order valence-electron chi connectivity index (χ3n) is 4.59. The van der Waals surface area contributed by atoms with Gasteiger partial charge in [-0.05, 0) is 29.8 Å². The number of amides is 1. The Labute approximate surface area is 180 Å². The van der Waals surface area contributed by atoms with Crippen molar-refractivity contribution in [2.24, 2.45) is 0 Å². The number of nitrogens with one attached hydrogen (secondary N) is 1. The molecule has 1 amide bonds. The number of benzene rings is 2. The molecular formula is C22H18F3N3O4. The average molecular weight is 445 g/mol. The van der Waals surface area contributed by atoms with Gasteiger partial charge in [0.1, 0.15) is 17.6 Å². The third kappa shape index (κ3) is 5.20. The molecule has 2 aromatic carbocycles. The van der Waals surface area contributed by atoms with E-state index in [2.05, 4.69) is 15.2 Å². The molecule has 10 heteroatoms. The molecular weight excluding hydrogens is 427 g/mol. The fraction of sp³-hybridized carbons (Fsp3) is 0.182. The Hall–Kier alpha value is -3.95. The van der Waals surface area contributed by atoms with Crippen LogP contribution in [0, 0.1) is 5.82 Å². The number of halogens is 3. The predicted octanol–water partition coefficient (Wildman–Crippen LogP) is 3.17. The average Bonchev–Trinajstić information content (AvgIpc) is 3.25. The third-order valence-corrected chi connectivity index (χ3v) is 4.59. The van der Waals surface area contributed by atoms with Crippen LogP contribution in [-0.2, 0) is 20.7 Å². The minimum absolute atomic E-state index is 0.0324. The van der Waals surface area contributed by atoms with Gasteiger partial charge in [-0.3, -0.25) is 9.59 Å². The van der Waals surface area contributed by atoms with Crippen LogP contribution < -0.4 is 5.32 Å². The summed E-state index contributed by atoms with van der Waals surface area (Å²) < 4.78 is 44.5. The fourth-order valence-corrected chi connectivity index (χ4v) is 3.02. The lowest BCUT2D eigenvalue weighted by atomic mass is 10.0. The zero-order valence-corrected chi connectivity index (χ0v) is 16.8. The van der Waals surface area contributed by atoms with Gasteiger partial charge in [0.05, 0.1) is 12.7 Å². The monoisotopic (exact) mass is 445 g/mol. The molecule has 0 aliphatic rings. The maximum absolute atomic E-state index is 13.3. The SMILES string of the molecule is COC(=O)C(=O)C(Cc1ccccc1)NC(=O)c1cn(C(F)F)nc1-c1ccc(F)cc1. The molecule has 1 unspecified atom stereocenters. The molecule has 1 aromatic heterocycles. The zero-order chi connectivity index (χ0) is 23.3. The largest absolute Gasteiger partial charge is 0.463 e. The van der Waals surface area contributed by atoms with Crippen LogP contribution in [0.15, 0.2) is 60.8 Å². The molecule has 0 aliphatic carbocycles. The van der Waals surface area contributed by atoms with E-state index in [1.807, 2.05) is 0 Å². The lowest BCUT2D eigenvalue weighted by Gasteiger charge is -2.16. The smallest absolute Gasteiger partial charge is 0.376 e. The Morgan fingerprint density at radius 2 is 1.72 bits per heavy atom. The van der Waals surface area contributed by atoms with Crippen molar-refractivity contribution in [1.29, 1.82) is 0 Å². The van der Waals surface area contributed by atoms with Crippen LogP contribution >= 0.6 is 0 Å². The van der Waals surface area contributed by atoms with Gasteiger partial charge in [-0.15, -0.1) is 0 Å². The number of ether oxygens (including phenoxy) is 1. The Bertz CT molecular complexity index is 1120. The van der Waals surface area contributed by atoms with Crippen molar-refractivity contribution in [2.75, 3.05) is 7.11 Å². The summed E-state index contributed by atoms with van der Waals surface area (Å²) in [4.78, 5) is 37.3. The van der Waals surface area contributed by atoms with Crippen LogP contribution in [0.4, 0.5) is 13.2 Å². The number of carbonyl (C=O) groups is 3. The predicted molar refractivity (Wildman–Crippen MR) is 107 cm³/mol. The summed E-state index contributed by atoms with van der Waals surface area (Å²) in [6.45, 7) is -3.03. The second-order valence-corrected chi connectivity index (χ2v) is 6.73. The highest BCUT2D eigenvalue weighted by atomic mass is 19.3. The van der Waals surface area contributed by atoms with Crippen LogP contribution in [0.3, 0.4) is 0 Å². The van der Waals surface area contributed by atoms with Gasteiger partial charge in [0.15, 0.2) is 0 Å². The summed E-state index contributed by atoms with van der Waals surface area (Å²) in [6, 6.07) is 12.0. The van der Waals surface area contributed by atoms with Gasteiger partial charge >= 0.3 is 12.5 Å². The quantitative estimate of drug-likeness (QED) is 0.425. The molecule has 0 radical (unpaired) electrons. The van der Waals surface area contributed by atoms with Crippen molar-refractivity contribution in [1.82, 2.24) is 15.1 Å². The van der Waals surface area contributed by atoms with Crippen molar-refractivity contribution in [3.8, 4) is 11.3 Å². The number of hydrogen-bond acceptors (Lipinski definition) is 5. The van der Waals surface area contributed by atoms with Crippen molar-refractivity contribution >= 4 is 17.7 Å². The molecule has 3 rings (SSSR count). The van der Waals surface area contributed by atoms with Gasteiger partial charge in [0.2, 0.25) is 0 Å². The van der Waals surface area contributed by atoms with Crippen molar-refractivity contribution in [3.63, 3.8) is 0 Å². The number of hydrogen-bond donors (Lipinski definition) is 1. The van der Waals surface area contributed by atoms with Gasteiger partial charge in [0.25, 0.3) is 11.7 Å². The number of aromatic nitrogens is 2. The molecule has 7 nitrogen and oxygen atoms in total. The van der Waals surface area contributed by atoms with Gasteiger partial charge in [0, 0.05) is 18.2 Å². The Morgan fingerprint density at radius 1 is 1.06 bits per heavy atom. The van der Waals surface area contributed by atoms with Gasteiger partial charge < -0.3 is 10.1 Å². The number of esters is 1. The molecule has 1 heterocycles. The molecule has 0 fully saturated rings. The Kier molecular flexibility index (Phi) is 7.04. The first-order valence-electron chi connectivity index (χ1n) is 9.40. The first-order chi connectivity index (χ1) is 15.3. The number of alkyl halides is 2. The molecule has 3 aromatic rings. The van der Waals surface area contributed by atoms with Crippen LogP contribution in [0.25, 0.3) is 11.3 Å². The van der Waals surface area contributed by atoms with Crippen LogP contribution in [0.1, 0.15) is 22.5 Å². The number of ketones is 1. The van der Waals surface area contributed by atoms with Gasteiger partial charge in [-0.2, -0.15) is 13.9 Å². The van der Waals surface area contributed by atoms with E-state index in [0.717, 1.165) is 25.4 Å². The van der Waals surface area contributed by atoms with E-state index in [0.29, 0.717) is 5.56 Å². The molecule has 0 bridgehead atoms. The minimum Gasteiger partial charge on any atom is -0.463 e. The Morgan fingerprint density at radius 3 is 2.31 bits per heavy atom. The second-order valence-electron chi connectivity index (χ2n) is 6.73. The lowest BCUT2D eigenvalue weighted by molar-refractivity contribution is -0.152. The molecule has 0 saturated carbocycles. The summed E-state index contributed by atoms with van der Waals surface area (Å²) in [5.74, 6) is -3.63. The number of rotatable bonds is 8. The van der Waals surface area contributed by atoms with E-state index in [-0.39, 0.29) is 27.9 Å². The lowest BCUT2D eigenvalue weighted by Crippen LogP contribution is -2.45. The summed E-state index contributed by atoms with van der Waals surface area (Å²) in [7, 11) is 1.03. The molecule has 32 heavy (non-hydrogen) atoms. The molecule has 0 saturated heterocycles. The van der Waals surface area contributed by atoms with E-state index in [1.54, 1.807) is 30.3 Å². The van der Waals surface area contributed by atoms with Crippen LogP contribution in [0.5, 0.6) is 0 Å². The van der Waals surface area contributed by atoms with Crippen molar-refractivity contribution in [2.45, 2.75) is 19.0 Å². The first-order valence-corrected chi connectivity index (χ1v) is 9.40. The molecule has 0 spiro atoms. The van der Waals surface area contributed by atoms with Gasteiger partial charge in [-0.1, -0.05) is 30.3 Å². The van der Waals surface area contributed by atoms with Crippen LogP contribution in [-0.4, -0.2) is 40.6 Å². The Balaban J connectivity index is 1.95. The fourth-order valence-electron chi connectivity index (χ4n) is 3.02. The highest BCUT2D eigenvalue weighted by Gasteiger charge is 2.30. The maximum atomic E-state index is 13.3. The zero-order valence-electron chi connectivity index (χ0n) is 16.8. The van der Waals surface area contributed by atoms with Gasteiger partial charge in [-0.25, -0.2) is 13.9 Å². The molecule has 1 N–H and O–H groups in total. The highest BCUT2D eigenvalue weighted by Crippen LogP contribution is 2.25. The summed E-state index contributed by atoms with van der Waals surface area (Å²) >= 11 is 0. The number of carbonyl (C=O) groups excluding carboxylic acids is 3. The molecule has 1 atom stereocenters. The van der Waals surface area contributed by atoms with E-state index in [9.17, 15) is 27.6 Å². The minimum atomic E-state index is -3.03. The molecule has 166 valence electrons. The topological polar surface area (TPSA) is 90.3 Å². The summed E-state index contributed by atoms with van der Waals surface area (Å²) in [5.41, 5.74) is 0.464. The van der Waals surface area contributed by atoms with E-state index < -0.39 is 36.1 Å².